The van der Waals surface area contributed by atoms with Gasteiger partial charge in [-0.25, -0.2) is 0 Å². The number of carbonyl (C=O) groups is 1. The summed E-state index contributed by atoms with van der Waals surface area (Å²) in [5.74, 6) is 1.45. The highest BCUT2D eigenvalue weighted by Gasteiger charge is 2.18. The van der Waals surface area contributed by atoms with Gasteiger partial charge in [0.05, 0.1) is 4.24 Å². The molecule has 1 rings (SSSR count). The van der Waals surface area contributed by atoms with Crippen molar-refractivity contribution in [2.75, 3.05) is 11.5 Å². The van der Waals surface area contributed by atoms with Crippen LogP contribution in [-0.4, -0.2) is 17.8 Å². The van der Waals surface area contributed by atoms with E-state index in [0.717, 1.165) is 22.0 Å². The van der Waals surface area contributed by atoms with Crippen LogP contribution in [0.1, 0.15) is 0 Å². The molecule has 0 fully saturated rings. The van der Waals surface area contributed by atoms with Crippen molar-refractivity contribution >= 4 is 55.1 Å². The lowest BCUT2D eigenvalue weighted by Gasteiger charge is -1.94. The van der Waals surface area contributed by atoms with Crippen LogP contribution >= 0.6 is 48.8 Å². The molecule has 0 saturated carbocycles. The van der Waals surface area contributed by atoms with Gasteiger partial charge in [-0.1, -0.05) is 23.5 Å². The number of allylic oxidation sites excluding steroid dienone is 1. The van der Waals surface area contributed by atoms with E-state index in [4.69, 9.17) is 0 Å². The molecule has 0 amide bonds. The number of thiol groups is 2. The predicted molar refractivity (Wildman–Crippen MR) is 64.1 cm³/mol. The normalized spacial score (nSPS) is 17.0. The molecule has 0 atom stereocenters. The van der Waals surface area contributed by atoms with Gasteiger partial charge in [-0.15, -0.1) is 0 Å². The molecule has 0 spiro atoms. The molecule has 1 heterocycles. The lowest BCUT2D eigenvalue weighted by atomic mass is 10.6. The Morgan fingerprint density at radius 3 is 2.00 bits per heavy atom. The fourth-order valence-corrected chi connectivity index (χ4v) is 3.98. The zero-order chi connectivity index (χ0) is 8.97. The molecule has 1 aliphatic rings. The number of aldehydes is 1. The Hall–Kier alpha value is 0.550. The molecule has 0 radical (unpaired) electrons. The molecule has 0 aromatic heterocycles. The molecule has 1 aliphatic heterocycles. The van der Waals surface area contributed by atoms with E-state index in [9.17, 15) is 4.79 Å². The van der Waals surface area contributed by atoms with Gasteiger partial charge in [0, 0.05) is 21.3 Å². The lowest BCUT2D eigenvalue weighted by molar-refractivity contribution is -0.104. The highest BCUT2D eigenvalue weighted by atomic mass is 32.2. The van der Waals surface area contributed by atoms with Gasteiger partial charge in [-0.05, 0) is 6.08 Å². The van der Waals surface area contributed by atoms with Gasteiger partial charge in [-0.3, -0.25) is 4.79 Å². The summed E-state index contributed by atoms with van der Waals surface area (Å²) >= 11 is 11.6. The summed E-state index contributed by atoms with van der Waals surface area (Å²) in [6.45, 7) is 0. The Labute approximate surface area is 91.3 Å². The van der Waals surface area contributed by atoms with Gasteiger partial charge in [0.15, 0.2) is 0 Å². The average Bonchev–Trinajstić information content (AvgIpc) is 2.48. The predicted octanol–water partition coefficient (Wildman–Crippen LogP) is 2.58. The Kier molecular flexibility index (Phi) is 4.71. The molecule has 12 heavy (non-hydrogen) atoms. The highest BCUT2D eigenvalue weighted by molar-refractivity contribution is 8.28. The zero-order valence-corrected chi connectivity index (χ0v) is 9.61. The van der Waals surface area contributed by atoms with Crippen LogP contribution < -0.4 is 0 Å². The Balaban J connectivity index is 2.71. The minimum atomic E-state index is 0.726. The highest BCUT2D eigenvalue weighted by Crippen LogP contribution is 2.49. The molecular formula is C7H8OS4. The number of carbonyl (C=O) groups excluding carboxylic acids is 1. The Morgan fingerprint density at radius 2 is 1.67 bits per heavy atom. The molecule has 0 saturated heterocycles. The van der Waals surface area contributed by atoms with Crippen LogP contribution in [0.25, 0.3) is 0 Å². The second-order valence-electron chi connectivity index (χ2n) is 1.99. The Morgan fingerprint density at radius 1 is 1.17 bits per heavy atom. The van der Waals surface area contributed by atoms with Crippen LogP contribution in [0, 0.1) is 0 Å². The van der Waals surface area contributed by atoms with E-state index < -0.39 is 0 Å². The fourth-order valence-electron chi connectivity index (χ4n) is 0.742. The molecule has 0 aromatic carbocycles. The van der Waals surface area contributed by atoms with Crippen LogP contribution in [0.15, 0.2) is 20.1 Å². The quantitative estimate of drug-likeness (QED) is 0.446. The summed E-state index contributed by atoms with van der Waals surface area (Å²) in [5.41, 5.74) is 0. The SMILES string of the molecule is O=CC=C1SC(CS)=C(CS)S1. The third-order valence-electron chi connectivity index (χ3n) is 1.25. The van der Waals surface area contributed by atoms with Gasteiger partial charge in [-0.2, -0.15) is 25.3 Å². The van der Waals surface area contributed by atoms with Crippen molar-refractivity contribution in [2.24, 2.45) is 0 Å². The van der Waals surface area contributed by atoms with Crippen molar-refractivity contribution in [3.05, 3.63) is 20.1 Å². The second-order valence-corrected chi connectivity index (χ2v) is 5.15. The largest absolute Gasteiger partial charge is 0.298 e. The average molecular weight is 236 g/mol. The molecule has 0 N–H and O–H groups in total. The van der Waals surface area contributed by atoms with Crippen molar-refractivity contribution in [1.82, 2.24) is 0 Å². The number of hydrogen-bond acceptors (Lipinski definition) is 5. The summed E-state index contributed by atoms with van der Waals surface area (Å²) in [4.78, 5) is 12.6. The van der Waals surface area contributed by atoms with E-state index in [2.05, 4.69) is 25.3 Å². The van der Waals surface area contributed by atoms with E-state index in [1.165, 1.54) is 9.81 Å². The van der Waals surface area contributed by atoms with Crippen molar-refractivity contribution in [3.8, 4) is 0 Å². The lowest BCUT2D eigenvalue weighted by Crippen LogP contribution is -1.80. The third kappa shape index (κ3) is 2.52. The number of thioether (sulfide) groups is 2. The van der Waals surface area contributed by atoms with E-state index in [1.807, 2.05) is 0 Å². The van der Waals surface area contributed by atoms with E-state index in [-0.39, 0.29) is 0 Å². The first-order chi connectivity index (χ1) is 5.81. The molecular weight excluding hydrogens is 228 g/mol. The van der Waals surface area contributed by atoms with Crippen LogP contribution in [0.3, 0.4) is 0 Å². The topological polar surface area (TPSA) is 17.1 Å². The summed E-state index contributed by atoms with van der Waals surface area (Å²) in [6.07, 6.45) is 2.39. The summed E-state index contributed by atoms with van der Waals surface area (Å²) in [6, 6.07) is 0. The summed E-state index contributed by atoms with van der Waals surface area (Å²) < 4.78 is 1.03. The van der Waals surface area contributed by atoms with E-state index in [0.29, 0.717) is 0 Å². The van der Waals surface area contributed by atoms with Gasteiger partial charge in [0.2, 0.25) is 0 Å². The number of rotatable bonds is 3. The van der Waals surface area contributed by atoms with E-state index in [1.54, 1.807) is 29.6 Å². The smallest absolute Gasteiger partial charge is 0.144 e. The molecule has 0 bridgehead atoms. The van der Waals surface area contributed by atoms with Crippen molar-refractivity contribution in [2.45, 2.75) is 0 Å². The maximum atomic E-state index is 10.2. The summed E-state index contributed by atoms with van der Waals surface area (Å²) in [7, 11) is 0. The van der Waals surface area contributed by atoms with Gasteiger partial charge in [0.1, 0.15) is 6.29 Å². The minimum absolute atomic E-state index is 0.726. The molecule has 0 aromatic rings. The van der Waals surface area contributed by atoms with Crippen LogP contribution in [0.4, 0.5) is 0 Å². The van der Waals surface area contributed by atoms with Crippen LogP contribution in [0.2, 0.25) is 0 Å². The van der Waals surface area contributed by atoms with Crippen molar-refractivity contribution < 1.29 is 4.79 Å². The van der Waals surface area contributed by atoms with Crippen molar-refractivity contribution in [1.29, 1.82) is 0 Å². The third-order valence-corrected chi connectivity index (χ3v) is 4.89. The maximum absolute atomic E-state index is 10.2. The molecule has 66 valence electrons. The first-order valence-corrected chi connectivity index (χ1v) is 6.16. The second kappa shape index (κ2) is 5.32. The summed E-state index contributed by atoms with van der Waals surface area (Å²) in [5, 5.41) is 0. The Bertz CT molecular complexity index is 226. The van der Waals surface area contributed by atoms with E-state index >= 15 is 0 Å². The first kappa shape index (κ1) is 10.6. The van der Waals surface area contributed by atoms with Crippen LogP contribution in [-0.2, 0) is 4.79 Å². The van der Waals surface area contributed by atoms with Crippen molar-refractivity contribution in [3.63, 3.8) is 0 Å². The van der Waals surface area contributed by atoms with Gasteiger partial charge in [0.25, 0.3) is 0 Å². The molecule has 0 aliphatic carbocycles. The fraction of sp³-hybridized carbons (Fsp3) is 0.286. The monoisotopic (exact) mass is 236 g/mol. The minimum Gasteiger partial charge on any atom is -0.298 e. The number of hydrogen-bond donors (Lipinski definition) is 2. The standard InChI is InChI=1S/C7H8OS4/c8-2-1-7-11-5(3-9)6(4-10)12-7/h1-2,9-10H,3-4H2. The zero-order valence-electron chi connectivity index (χ0n) is 6.19. The first-order valence-electron chi connectivity index (χ1n) is 3.26. The van der Waals surface area contributed by atoms with Gasteiger partial charge >= 0.3 is 0 Å². The molecule has 5 heteroatoms. The molecule has 0 unspecified atom stereocenters. The van der Waals surface area contributed by atoms with Gasteiger partial charge < -0.3 is 0 Å². The maximum Gasteiger partial charge on any atom is 0.144 e. The molecule has 1 nitrogen and oxygen atoms in total. The van der Waals surface area contributed by atoms with Crippen LogP contribution in [0.5, 0.6) is 0 Å².